The maximum atomic E-state index is 13.4. The van der Waals surface area contributed by atoms with Crippen molar-refractivity contribution in [3.63, 3.8) is 0 Å². The van der Waals surface area contributed by atoms with Crippen molar-refractivity contribution in [3.8, 4) is 5.75 Å². The summed E-state index contributed by atoms with van der Waals surface area (Å²) in [5.74, 6) is 0.917. The summed E-state index contributed by atoms with van der Waals surface area (Å²) in [5, 5.41) is 17.8. The summed E-state index contributed by atoms with van der Waals surface area (Å²) in [6.45, 7) is 0.270. The minimum Gasteiger partial charge on any atom is -0.487 e. The van der Waals surface area contributed by atoms with Crippen molar-refractivity contribution in [2.24, 2.45) is 5.92 Å². The van der Waals surface area contributed by atoms with Crippen LogP contribution in [0, 0.1) is 11.7 Å². The molecule has 3 N–H and O–H groups in total. The van der Waals surface area contributed by atoms with Crippen LogP contribution in [0.25, 0.3) is 10.9 Å². The summed E-state index contributed by atoms with van der Waals surface area (Å²) < 4.78 is 19.2. The molecule has 1 fully saturated rings. The minimum absolute atomic E-state index is 0.0623. The van der Waals surface area contributed by atoms with E-state index in [4.69, 9.17) is 19.7 Å². The van der Waals surface area contributed by atoms with Crippen LogP contribution in [0.4, 0.5) is 14.9 Å². The van der Waals surface area contributed by atoms with Crippen molar-refractivity contribution >= 4 is 28.7 Å². The van der Waals surface area contributed by atoms with E-state index in [9.17, 15) is 9.18 Å². The van der Waals surface area contributed by atoms with E-state index in [1.165, 1.54) is 31.4 Å². The van der Waals surface area contributed by atoms with Crippen LogP contribution >= 0.6 is 0 Å². The normalized spacial score (nSPS) is 13.6. The lowest BCUT2D eigenvalue weighted by Crippen LogP contribution is -2.18. The number of carbonyl (C=O) groups excluding carboxylic acids is 1. The van der Waals surface area contributed by atoms with E-state index in [2.05, 4.69) is 10.3 Å². The number of anilines is 1. The second kappa shape index (κ2) is 11.8. The van der Waals surface area contributed by atoms with E-state index >= 15 is 0 Å². The molecule has 1 saturated carbocycles. The fraction of sp³-hybridized carbons (Fsp3) is 0.320. The Kier molecular flexibility index (Phi) is 8.57. The van der Waals surface area contributed by atoms with Crippen LogP contribution in [0.3, 0.4) is 0 Å². The highest BCUT2D eigenvalue weighted by Gasteiger charge is 2.17. The molecule has 4 rings (SSSR count). The van der Waals surface area contributed by atoms with Crippen LogP contribution in [0.2, 0.25) is 0 Å². The standard InChI is InChI=1S/C24H25FN2O2.CH2O3/c25-19-11-9-18-10-12-21(26-23(18)14-19)16-29-22-8-4-7-20(15-22)27-24(28)13-17-5-2-1-3-6-17;2-1(3)4/h4,7-12,14-15,17H,1-3,5-6,13,16H2,(H,27,28);(H2,2,3,4). The predicted molar refractivity (Wildman–Crippen MR) is 123 cm³/mol. The van der Waals surface area contributed by atoms with Gasteiger partial charge >= 0.3 is 6.16 Å². The summed E-state index contributed by atoms with van der Waals surface area (Å²) in [4.78, 5) is 25.3. The largest absolute Gasteiger partial charge is 0.503 e. The number of aromatic nitrogens is 1. The first-order chi connectivity index (χ1) is 15.9. The number of ether oxygens (including phenoxy) is 1. The number of hydrogen-bond acceptors (Lipinski definition) is 4. The maximum Gasteiger partial charge on any atom is 0.503 e. The van der Waals surface area contributed by atoms with E-state index in [1.54, 1.807) is 6.07 Å². The molecule has 0 spiro atoms. The number of carboxylic acid groups (broad SMARTS) is 2. The number of halogens is 1. The first-order valence-electron chi connectivity index (χ1n) is 10.9. The molecule has 3 aromatic rings. The lowest BCUT2D eigenvalue weighted by atomic mass is 9.87. The van der Waals surface area contributed by atoms with Crippen molar-refractivity contribution in [2.45, 2.75) is 45.1 Å². The monoisotopic (exact) mass is 454 g/mol. The van der Waals surface area contributed by atoms with Gasteiger partial charge in [-0.15, -0.1) is 0 Å². The fourth-order valence-electron chi connectivity index (χ4n) is 3.90. The Morgan fingerprint density at radius 2 is 1.76 bits per heavy atom. The molecule has 0 aliphatic heterocycles. The van der Waals surface area contributed by atoms with Gasteiger partial charge in [0.05, 0.1) is 11.2 Å². The highest BCUT2D eigenvalue weighted by Crippen LogP contribution is 2.27. The first kappa shape index (κ1) is 24.0. The second-order valence-electron chi connectivity index (χ2n) is 8.00. The average Bonchev–Trinajstić information content (AvgIpc) is 2.78. The summed E-state index contributed by atoms with van der Waals surface area (Å²) in [5.41, 5.74) is 2.06. The SMILES string of the molecule is O=C(CC1CCCCC1)Nc1cccc(OCc2ccc3ccc(F)cc3n2)c1.O=C(O)O. The van der Waals surface area contributed by atoms with Crippen molar-refractivity contribution in [1.82, 2.24) is 4.98 Å². The Labute approximate surface area is 191 Å². The van der Waals surface area contributed by atoms with Gasteiger partial charge in [-0.25, -0.2) is 14.2 Å². The zero-order valence-corrected chi connectivity index (χ0v) is 18.2. The van der Waals surface area contributed by atoms with Gasteiger partial charge in [0, 0.05) is 29.6 Å². The quantitative estimate of drug-likeness (QED) is 0.416. The summed E-state index contributed by atoms with van der Waals surface area (Å²) >= 11 is 0. The number of fused-ring (bicyclic) bond motifs is 1. The lowest BCUT2D eigenvalue weighted by molar-refractivity contribution is -0.117. The van der Waals surface area contributed by atoms with Crippen molar-refractivity contribution in [2.75, 3.05) is 5.32 Å². The Hall–Kier alpha value is -3.68. The Morgan fingerprint density at radius 3 is 2.52 bits per heavy atom. The molecule has 0 unspecified atom stereocenters. The van der Waals surface area contributed by atoms with Crippen LogP contribution in [-0.2, 0) is 11.4 Å². The molecule has 7 nitrogen and oxygen atoms in total. The summed E-state index contributed by atoms with van der Waals surface area (Å²) in [6.07, 6.45) is 4.81. The van der Waals surface area contributed by atoms with Gasteiger partial charge in [-0.05, 0) is 49.1 Å². The van der Waals surface area contributed by atoms with Crippen molar-refractivity contribution in [1.29, 1.82) is 0 Å². The number of rotatable bonds is 6. The molecule has 0 radical (unpaired) electrons. The van der Waals surface area contributed by atoms with Gasteiger partial charge < -0.3 is 20.3 Å². The smallest absolute Gasteiger partial charge is 0.487 e. The molecule has 2 aromatic carbocycles. The van der Waals surface area contributed by atoms with E-state index in [0.29, 0.717) is 23.6 Å². The Balaban J connectivity index is 0.000000709. The number of amides is 1. The van der Waals surface area contributed by atoms with Gasteiger partial charge in [0.25, 0.3) is 0 Å². The maximum absolute atomic E-state index is 13.4. The van der Waals surface area contributed by atoms with E-state index in [1.807, 2.05) is 36.4 Å². The molecule has 8 heteroatoms. The first-order valence-corrected chi connectivity index (χ1v) is 10.9. The Bertz CT molecular complexity index is 1100. The molecule has 0 atom stereocenters. The third kappa shape index (κ3) is 8.07. The minimum atomic E-state index is -1.83. The second-order valence-corrected chi connectivity index (χ2v) is 8.00. The number of carbonyl (C=O) groups is 2. The van der Waals surface area contributed by atoms with E-state index in [0.717, 1.165) is 29.6 Å². The highest BCUT2D eigenvalue weighted by atomic mass is 19.1. The van der Waals surface area contributed by atoms with Gasteiger partial charge in [0.2, 0.25) is 5.91 Å². The molecular weight excluding hydrogens is 427 g/mol. The topological polar surface area (TPSA) is 109 Å². The molecule has 174 valence electrons. The number of benzene rings is 2. The van der Waals surface area contributed by atoms with Crippen molar-refractivity contribution in [3.05, 3.63) is 66.1 Å². The van der Waals surface area contributed by atoms with Gasteiger partial charge in [-0.1, -0.05) is 31.4 Å². The molecule has 1 heterocycles. The van der Waals surface area contributed by atoms with E-state index < -0.39 is 6.16 Å². The number of hydrogen-bond donors (Lipinski definition) is 3. The van der Waals surface area contributed by atoms with Gasteiger partial charge in [-0.2, -0.15) is 0 Å². The molecule has 1 aliphatic carbocycles. The van der Waals surface area contributed by atoms with Crippen LogP contribution in [-0.4, -0.2) is 27.3 Å². The van der Waals surface area contributed by atoms with Crippen LogP contribution < -0.4 is 10.1 Å². The summed E-state index contributed by atoms with van der Waals surface area (Å²) in [7, 11) is 0. The van der Waals surface area contributed by atoms with Gasteiger partial charge in [0.15, 0.2) is 0 Å². The van der Waals surface area contributed by atoms with Gasteiger partial charge in [0.1, 0.15) is 18.2 Å². The Morgan fingerprint density at radius 1 is 1.03 bits per heavy atom. The molecular formula is C25H27FN2O5. The van der Waals surface area contributed by atoms with Crippen LogP contribution in [0.1, 0.15) is 44.2 Å². The predicted octanol–water partition coefficient (Wildman–Crippen LogP) is 6.08. The summed E-state index contributed by atoms with van der Waals surface area (Å²) in [6, 6.07) is 15.7. The zero-order valence-electron chi connectivity index (χ0n) is 18.2. The highest BCUT2D eigenvalue weighted by molar-refractivity contribution is 5.91. The molecule has 1 amide bonds. The van der Waals surface area contributed by atoms with Crippen LogP contribution in [0.5, 0.6) is 5.75 Å². The number of nitrogens with zero attached hydrogens (tertiary/aromatic N) is 1. The third-order valence-electron chi connectivity index (χ3n) is 5.42. The number of nitrogens with one attached hydrogen (secondary N) is 1. The molecule has 1 aromatic heterocycles. The fourth-order valence-corrected chi connectivity index (χ4v) is 3.90. The molecule has 0 saturated heterocycles. The average molecular weight is 454 g/mol. The lowest BCUT2D eigenvalue weighted by Gasteiger charge is -2.20. The molecule has 0 bridgehead atoms. The van der Waals surface area contributed by atoms with E-state index in [-0.39, 0.29) is 18.3 Å². The van der Waals surface area contributed by atoms with Crippen LogP contribution in [0.15, 0.2) is 54.6 Å². The third-order valence-corrected chi connectivity index (χ3v) is 5.42. The zero-order chi connectivity index (χ0) is 23.6. The molecule has 33 heavy (non-hydrogen) atoms. The molecule has 1 aliphatic rings. The van der Waals surface area contributed by atoms with Gasteiger partial charge in [-0.3, -0.25) is 4.79 Å². The number of pyridine rings is 1. The van der Waals surface area contributed by atoms with Crippen molar-refractivity contribution < 1.29 is 28.9 Å².